The van der Waals surface area contributed by atoms with Crippen LogP contribution in [0.5, 0.6) is 0 Å². The number of allylic oxidation sites excluding steroid dienone is 2. The Bertz CT molecular complexity index is 1790. The maximum Gasteiger partial charge on any atom is 0.194 e. The highest BCUT2D eigenvalue weighted by Crippen LogP contribution is 2.54. The average Bonchev–Trinajstić information content (AvgIpc) is 3.44. The first kappa shape index (κ1) is 20.7. The molecule has 176 valence electrons. The van der Waals surface area contributed by atoms with E-state index in [1.807, 2.05) is 24.3 Å². The van der Waals surface area contributed by atoms with Crippen LogP contribution in [0.15, 0.2) is 103 Å². The van der Waals surface area contributed by atoms with Crippen LogP contribution >= 0.6 is 0 Å². The summed E-state index contributed by atoms with van der Waals surface area (Å²) in [6, 6.07) is 30.6. The van der Waals surface area contributed by atoms with Crippen molar-refractivity contribution in [2.45, 2.75) is 18.4 Å². The lowest BCUT2D eigenvalue weighted by molar-refractivity contribution is 0.0978. The molecule has 3 atom stereocenters. The van der Waals surface area contributed by atoms with E-state index in [2.05, 4.69) is 72.1 Å². The molecule has 5 aromatic carbocycles. The normalized spacial score (nSPS) is 21.4. The third-order valence-electron chi connectivity index (χ3n) is 8.54. The van der Waals surface area contributed by atoms with Crippen LogP contribution < -0.4 is 5.32 Å². The Morgan fingerprint density at radius 2 is 1.30 bits per heavy atom. The summed E-state index contributed by atoms with van der Waals surface area (Å²) in [6.45, 7) is 0. The molecule has 3 aliphatic rings. The van der Waals surface area contributed by atoms with Gasteiger partial charge in [-0.1, -0.05) is 84.9 Å². The Hall–Kier alpha value is -4.50. The molecule has 0 saturated carbocycles. The van der Waals surface area contributed by atoms with Crippen LogP contribution in [0, 0.1) is 5.92 Å². The first-order valence-electron chi connectivity index (χ1n) is 12.9. The summed E-state index contributed by atoms with van der Waals surface area (Å²) in [5, 5.41) is 8.85. The Labute approximate surface area is 214 Å². The molecule has 3 heteroatoms. The molecule has 0 fully saturated rings. The van der Waals surface area contributed by atoms with Crippen LogP contribution in [0.1, 0.15) is 61.4 Å². The lowest BCUT2D eigenvalue weighted by Gasteiger charge is -2.40. The van der Waals surface area contributed by atoms with Crippen LogP contribution in [-0.4, -0.2) is 11.6 Å². The van der Waals surface area contributed by atoms with E-state index in [0.717, 1.165) is 17.7 Å². The molecule has 5 aromatic rings. The fourth-order valence-electron chi connectivity index (χ4n) is 6.95. The number of rotatable bonds is 1. The van der Waals surface area contributed by atoms with E-state index < -0.39 is 0 Å². The molecule has 0 aromatic heterocycles. The van der Waals surface area contributed by atoms with E-state index in [4.69, 9.17) is 0 Å². The quantitative estimate of drug-likeness (QED) is 0.196. The zero-order valence-electron chi connectivity index (χ0n) is 20.1. The zero-order valence-corrected chi connectivity index (χ0v) is 20.1. The van der Waals surface area contributed by atoms with Gasteiger partial charge in [0.15, 0.2) is 11.6 Å². The summed E-state index contributed by atoms with van der Waals surface area (Å²) in [6.07, 6.45) is 5.42. The summed E-state index contributed by atoms with van der Waals surface area (Å²) in [4.78, 5) is 27.2. The number of carbonyl (C=O) groups is 2. The molecule has 0 radical (unpaired) electrons. The van der Waals surface area contributed by atoms with Gasteiger partial charge >= 0.3 is 0 Å². The van der Waals surface area contributed by atoms with Crippen molar-refractivity contribution in [3.05, 3.63) is 137 Å². The largest absolute Gasteiger partial charge is 0.378 e. The number of ketones is 2. The standard InChI is InChI=1S/C34H23NO2/c36-33-25-12-5-6-13-26(25)34(37)31-27(33)16-17-28-30(31)23-14-7-15-24(23)32(35-28)29-21-10-3-1-8-19(21)18-20-9-2-4-11-22(20)29/h1-14,16-18,23-24,32,35H,15H2/t23-,24+,32-/m1/s1. The van der Waals surface area contributed by atoms with Gasteiger partial charge in [0.25, 0.3) is 0 Å². The van der Waals surface area contributed by atoms with Gasteiger partial charge in [-0.05, 0) is 63.2 Å². The van der Waals surface area contributed by atoms with E-state index in [9.17, 15) is 9.59 Å². The van der Waals surface area contributed by atoms with Gasteiger partial charge in [-0.25, -0.2) is 0 Å². The molecule has 37 heavy (non-hydrogen) atoms. The number of hydrogen-bond acceptors (Lipinski definition) is 3. The molecule has 0 spiro atoms. The predicted molar refractivity (Wildman–Crippen MR) is 148 cm³/mol. The van der Waals surface area contributed by atoms with Crippen molar-refractivity contribution in [3.8, 4) is 0 Å². The number of anilines is 1. The summed E-state index contributed by atoms with van der Waals surface area (Å²) in [5.41, 5.74) is 5.35. The van der Waals surface area contributed by atoms with Crippen LogP contribution in [0.25, 0.3) is 21.5 Å². The molecule has 0 bridgehead atoms. The van der Waals surface area contributed by atoms with Gasteiger partial charge in [0.2, 0.25) is 0 Å². The highest BCUT2D eigenvalue weighted by Gasteiger charge is 2.43. The fourth-order valence-corrected chi connectivity index (χ4v) is 6.95. The third kappa shape index (κ3) is 2.77. The minimum atomic E-state index is -0.0614. The van der Waals surface area contributed by atoms with E-state index in [1.165, 1.54) is 27.1 Å². The molecular weight excluding hydrogens is 454 g/mol. The topological polar surface area (TPSA) is 46.2 Å². The predicted octanol–water partition coefficient (Wildman–Crippen LogP) is 7.59. The number of nitrogens with one attached hydrogen (secondary N) is 1. The van der Waals surface area contributed by atoms with Gasteiger partial charge in [-0.15, -0.1) is 0 Å². The second-order valence-corrected chi connectivity index (χ2v) is 10.4. The minimum absolute atomic E-state index is 0.0445. The first-order valence-corrected chi connectivity index (χ1v) is 12.9. The molecule has 1 N–H and O–H groups in total. The molecule has 0 amide bonds. The number of carbonyl (C=O) groups excluding carboxylic acids is 2. The van der Waals surface area contributed by atoms with Gasteiger partial charge < -0.3 is 5.32 Å². The van der Waals surface area contributed by atoms with Crippen molar-refractivity contribution >= 4 is 38.8 Å². The Morgan fingerprint density at radius 3 is 2.03 bits per heavy atom. The lowest BCUT2D eigenvalue weighted by Crippen LogP contribution is -2.33. The maximum absolute atomic E-state index is 13.8. The van der Waals surface area contributed by atoms with Crippen molar-refractivity contribution in [2.24, 2.45) is 5.92 Å². The summed E-state index contributed by atoms with van der Waals surface area (Å²) >= 11 is 0. The van der Waals surface area contributed by atoms with Gasteiger partial charge in [0, 0.05) is 33.9 Å². The molecule has 2 aliphatic carbocycles. The minimum Gasteiger partial charge on any atom is -0.378 e. The molecule has 0 unspecified atom stereocenters. The highest BCUT2D eigenvalue weighted by molar-refractivity contribution is 6.29. The van der Waals surface area contributed by atoms with Crippen molar-refractivity contribution in [1.29, 1.82) is 0 Å². The molecular formula is C34H23NO2. The van der Waals surface area contributed by atoms with Crippen LogP contribution in [0.4, 0.5) is 5.69 Å². The van der Waals surface area contributed by atoms with Crippen LogP contribution in [0.3, 0.4) is 0 Å². The fraction of sp³-hybridized carbons (Fsp3) is 0.118. The van der Waals surface area contributed by atoms with Crippen molar-refractivity contribution in [3.63, 3.8) is 0 Å². The SMILES string of the molecule is O=C1c2ccccc2C(=O)c2c1ccc1c2[C@@H]2C=CC[C@@H]2[C@H](c2c3ccccc3cc3ccccc23)N1. The number of benzene rings is 5. The van der Waals surface area contributed by atoms with Crippen molar-refractivity contribution in [2.75, 3.05) is 5.32 Å². The van der Waals surface area contributed by atoms with E-state index >= 15 is 0 Å². The highest BCUT2D eigenvalue weighted by atomic mass is 16.1. The lowest BCUT2D eigenvalue weighted by atomic mass is 9.71. The number of fused-ring (bicyclic) bond motifs is 8. The Balaban J connectivity index is 1.37. The summed E-state index contributed by atoms with van der Waals surface area (Å²) in [7, 11) is 0. The van der Waals surface area contributed by atoms with E-state index in [0.29, 0.717) is 22.3 Å². The molecule has 1 aliphatic heterocycles. The first-order chi connectivity index (χ1) is 18.2. The van der Waals surface area contributed by atoms with Crippen molar-refractivity contribution in [1.82, 2.24) is 0 Å². The van der Waals surface area contributed by atoms with Gasteiger partial charge in [-0.2, -0.15) is 0 Å². The molecule has 8 rings (SSSR count). The average molecular weight is 478 g/mol. The van der Waals surface area contributed by atoms with E-state index in [1.54, 1.807) is 12.1 Å². The third-order valence-corrected chi connectivity index (χ3v) is 8.54. The number of hydrogen-bond donors (Lipinski definition) is 1. The van der Waals surface area contributed by atoms with Gasteiger partial charge in [0.05, 0.1) is 6.04 Å². The van der Waals surface area contributed by atoms with Gasteiger partial charge in [-0.3, -0.25) is 9.59 Å². The van der Waals surface area contributed by atoms with E-state index in [-0.39, 0.29) is 29.4 Å². The Kier molecular flexibility index (Phi) is 4.19. The second kappa shape index (κ2) is 7.50. The Morgan fingerprint density at radius 1 is 0.649 bits per heavy atom. The van der Waals surface area contributed by atoms with Crippen molar-refractivity contribution < 1.29 is 9.59 Å². The second-order valence-electron chi connectivity index (χ2n) is 10.4. The zero-order chi connectivity index (χ0) is 24.7. The maximum atomic E-state index is 13.8. The smallest absolute Gasteiger partial charge is 0.194 e. The summed E-state index contributed by atoms with van der Waals surface area (Å²) < 4.78 is 0. The summed E-state index contributed by atoms with van der Waals surface area (Å²) in [5.74, 6) is 0.204. The van der Waals surface area contributed by atoms with Crippen LogP contribution in [-0.2, 0) is 0 Å². The monoisotopic (exact) mass is 477 g/mol. The molecule has 3 nitrogen and oxygen atoms in total. The van der Waals surface area contributed by atoms with Gasteiger partial charge in [0.1, 0.15) is 0 Å². The molecule has 0 saturated heterocycles. The van der Waals surface area contributed by atoms with Crippen LogP contribution in [0.2, 0.25) is 0 Å². The molecule has 1 heterocycles.